The molecule has 10 heteroatoms. The SMILES string of the molecule is Cc1cc(-c2cnc(C3(S(C)(=O)=O)CCC3)s2)cc(N2C=CC(C(F)(F)F)=NC2)c1. The highest BCUT2D eigenvalue weighted by Crippen LogP contribution is 2.50. The summed E-state index contributed by atoms with van der Waals surface area (Å²) in [7, 11) is -3.28. The minimum Gasteiger partial charge on any atom is -0.328 e. The van der Waals surface area contributed by atoms with Gasteiger partial charge in [-0.1, -0.05) is 6.07 Å². The number of allylic oxidation sites excluding steroid dienone is 1. The molecule has 1 fully saturated rings. The Kier molecular flexibility index (Phi) is 5.05. The number of hydrogen-bond acceptors (Lipinski definition) is 6. The van der Waals surface area contributed by atoms with Gasteiger partial charge in [0.15, 0.2) is 9.84 Å². The first-order valence-corrected chi connectivity index (χ1v) is 12.0. The van der Waals surface area contributed by atoms with E-state index >= 15 is 0 Å². The van der Waals surface area contributed by atoms with Crippen LogP contribution >= 0.6 is 11.3 Å². The molecule has 30 heavy (non-hydrogen) atoms. The summed E-state index contributed by atoms with van der Waals surface area (Å²) >= 11 is 1.36. The molecule has 0 saturated heterocycles. The number of halogens is 3. The fourth-order valence-corrected chi connectivity index (χ4v) is 6.72. The fraction of sp³-hybridized carbons (Fsp3) is 0.400. The molecular weight excluding hydrogens is 435 g/mol. The van der Waals surface area contributed by atoms with E-state index in [1.807, 2.05) is 25.1 Å². The number of alkyl halides is 3. The number of aryl methyl sites for hydroxylation is 1. The third-order valence-electron chi connectivity index (χ3n) is 5.54. The fourth-order valence-electron chi connectivity index (χ4n) is 3.69. The summed E-state index contributed by atoms with van der Waals surface area (Å²) in [6.07, 6.45) is 2.83. The van der Waals surface area contributed by atoms with Gasteiger partial charge in [0.2, 0.25) is 0 Å². The third kappa shape index (κ3) is 3.66. The highest BCUT2D eigenvalue weighted by molar-refractivity contribution is 7.91. The van der Waals surface area contributed by atoms with Gasteiger partial charge in [0, 0.05) is 24.3 Å². The van der Waals surface area contributed by atoms with Crippen LogP contribution < -0.4 is 4.90 Å². The normalized spacial score (nSPS) is 18.8. The van der Waals surface area contributed by atoms with Gasteiger partial charge in [0.25, 0.3) is 0 Å². The van der Waals surface area contributed by atoms with Gasteiger partial charge < -0.3 is 4.90 Å². The lowest BCUT2D eigenvalue weighted by molar-refractivity contribution is -0.0579. The van der Waals surface area contributed by atoms with Crippen molar-refractivity contribution in [3.8, 4) is 10.4 Å². The molecule has 0 radical (unpaired) electrons. The van der Waals surface area contributed by atoms with Crippen LogP contribution in [0.1, 0.15) is 29.8 Å². The number of benzene rings is 1. The van der Waals surface area contributed by atoms with Crippen molar-refractivity contribution >= 4 is 32.6 Å². The lowest BCUT2D eigenvalue weighted by atomic mass is 9.85. The summed E-state index contributed by atoms with van der Waals surface area (Å²) in [6.45, 7) is 1.77. The van der Waals surface area contributed by atoms with Crippen molar-refractivity contribution in [2.75, 3.05) is 17.8 Å². The Morgan fingerprint density at radius 2 is 1.93 bits per heavy atom. The number of anilines is 1. The van der Waals surface area contributed by atoms with E-state index in [1.165, 1.54) is 23.8 Å². The Labute approximate surface area is 176 Å². The summed E-state index contributed by atoms with van der Waals surface area (Å²) in [5.74, 6) is 0. The molecule has 1 saturated carbocycles. The van der Waals surface area contributed by atoms with E-state index in [-0.39, 0.29) is 6.67 Å². The van der Waals surface area contributed by atoms with Crippen molar-refractivity contribution in [2.45, 2.75) is 37.1 Å². The molecular formula is C20H20F3N3O2S2. The second-order valence-electron chi connectivity index (χ2n) is 7.67. The van der Waals surface area contributed by atoms with Gasteiger partial charge in [0.05, 0.1) is 4.88 Å². The topological polar surface area (TPSA) is 62.6 Å². The summed E-state index contributed by atoms with van der Waals surface area (Å²) in [4.78, 5) is 10.5. The zero-order valence-corrected chi connectivity index (χ0v) is 18.0. The van der Waals surface area contributed by atoms with E-state index in [0.717, 1.165) is 28.5 Å². The number of nitrogens with zero attached hydrogens (tertiary/aromatic N) is 3. The Bertz CT molecular complexity index is 1150. The largest absolute Gasteiger partial charge is 0.433 e. The standard InChI is InChI=1S/C20H20F3N3O2S2/c1-13-8-14(10-15(9-13)26-7-4-17(25-12-26)20(21,22)23)16-11-24-18(29-16)19(5-3-6-19)30(2,27)28/h4,7-11H,3,5-6,12H2,1-2H3. The van der Waals surface area contributed by atoms with Crippen molar-refractivity contribution in [1.82, 2.24) is 4.98 Å². The first kappa shape index (κ1) is 21.0. The van der Waals surface area contributed by atoms with Gasteiger partial charge in [-0.05, 0) is 55.5 Å². The predicted octanol–water partition coefficient (Wildman–Crippen LogP) is 4.84. The average molecular weight is 456 g/mol. The first-order chi connectivity index (χ1) is 14.0. The Morgan fingerprint density at radius 3 is 2.47 bits per heavy atom. The summed E-state index contributed by atoms with van der Waals surface area (Å²) < 4.78 is 62.2. The smallest absolute Gasteiger partial charge is 0.328 e. The van der Waals surface area contributed by atoms with Crippen LogP contribution in [0.4, 0.5) is 18.9 Å². The zero-order valence-electron chi connectivity index (χ0n) is 16.4. The average Bonchev–Trinajstić information content (AvgIpc) is 3.08. The molecule has 4 rings (SSSR count). The van der Waals surface area contributed by atoms with Crippen molar-refractivity contribution in [2.24, 2.45) is 4.99 Å². The maximum atomic E-state index is 12.8. The van der Waals surface area contributed by atoms with Crippen LogP contribution in [0.15, 0.2) is 41.7 Å². The lowest BCUT2D eigenvalue weighted by Gasteiger charge is -2.37. The number of hydrogen-bond donors (Lipinski definition) is 0. The number of rotatable bonds is 4. The van der Waals surface area contributed by atoms with Crippen molar-refractivity contribution in [3.05, 3.63) is 47.2 Å². The third-order valence-corrected chi connectivity index (χ3v) is 8.94. The molecule has 0 bridgehead atoms. The summed E-state index contributed by atoms with van der Waals surface area (Å²) in [5, 5.41) is 0.603. The molecule has 2 aromatic rings. The Hall–Kier alpha value is -2.20. The van der Waals surface area contributed by atoms with E-state index in [1.54, 1.807) is 11.1 Å². The van der Waals surface area contributed by atoms with Gasteiger partial charge in [-0.15, -0.1) is 11.3 Å². The lowest BCUT2D eigenvalue weighted by Crippen LogP contribution is -2.41. The second kappa shape index (κ2) is 7.19. The van der Waals surface area contributed by atoms with Gasteiger partial charge in [-0.25, -0.2) is 13.4 Å². The van der Waals surface area contributed by atoms with Gasteiger partial charge >= 0.3 is 6.18 Å². The molecule has 0 N–H and O–H groups in total. The molecule has 0 unspecified atom stereocenters. The molecule has 5 nitrogen and oxygen atoms in total. The molecule has 1 aromatic heterocycles. The molecule has 160 valence electrons. The Balaban J connectivity index is 1.64. The predicted molar refractivity (Wildman–Crippen MR) is 113 cm³/mol. The maximum Gasteiger partial charge on any atom is 0.433 e. The van der Waals surface area contributed by atoms with Crippen LogP contribution in [0, 0.1) is 6.92 Å². The number of aromatic nitrogens is 1. The van der Waals surface area contributed by atoms with E-state index < -0.39 is 26.5 Å². The van der Waals surface area contributed by atoms with Crippen LogP contribution in [0.5, 0.6) is 0 Å². The van der Waals surface area contributed by atoms with E-state index in [2.05, 4.69) is 9.98 Å². The van der Waals surface area contributed by atoms with E-state index in [9.17, 15) is 21.6 Å². The second-order valence-corrected chi connectivity index (χ2v) is 11.0. The summed E-state index contributed by atoms with van der Waals surface area (Å²) in [6, 6.07) is 5.68. The van der Waals surface area contributed by atoms with E-state index in [0.29, 0.717) is 23.5 Å². The quantitative estimate of drug-likeness (QED) is 0.662. The molecule has 1 aliphatic heterocycles. The minimum absolute atomic E-state index is 0.126. The molecule has 1 aliphatic carbocycles. The Morgan fingerprint density at radius 1 is 1.20 bits per heavy atom. The highest BCUT2D eigenvalue weighted by Gasteiger charge is 2.50. The first-order valence-electron chi connectivity index (χ1n) is 9.34. The molecule has 0 atom stereocenters. The van der Waals surface area contributed by atoms with Gasteiger partial charge in [-0.3, -0.25) is 4.99 Å². The highest BCUT2D eigenvalue weighted by atomic mass is 32.2. The van der Waals surface area contributed by atoms with Crippen molar-refractivity contribution in [1.29, 1.82) is 0 Å². The van der Waals surface area contributed by atoms with Crippen LogP contribution in [0.2, 0.25) is 0 Å². The molecule has 1 aromatic carbocycles. The minimum atomic E-state index is -4.46. The van der Waals surface area contributed by atoms with Crippen LogP contribution in [0.3, 0.4) is 0 Å². The number of thiazole rings is 1. The van der Waals surface area contributed by atoms with Gasteiger partial charge in [0.1, 0.15) is 22.1 Å². The summed E-state index contributed by atoms with van der Waals surface area (Å²) in [5.41, 5.74) is 1.58. The zero-order chi connectivity index (χ0) is 21.7. The molecule has 0 spiro atoms. The molecule has 2 aliphatic rings. The van der Waals surface area contributed by atoms with Crippen molar-refractivity contribution < 1.29 is 21.6 Å². The van der Waals surface area contributed by atoms with Gasteiger partial charge in [-0.2, -0.15) is 13.2 Å². The van der Waals surface area contributed by atoms with Crippen LogP contribution in [-0.4, -0.2) is 38.2 Å². The van der Waals surface area contributed by atoms with Crippen molar-refractivity contribution in [3.63, 3.8) is 0 Å². The van der Waals surface area contributed by atoms with Crippen LogP contribution in [0.25, 0.3) is 10.4 Å². The van der Waals surface area contributed by atoms with Crippen LogP contribution in [-0.2, 0) is 14.6 Å². The van der Waals surface area contributed by atoms with E-state index in [4.69, 9.17) is 0 Å². The number of sulfone groups is 1. The molecule has 2 heterocycles. The maximum absolute atomic E-state index is 12.8. The number of aliphatic imine (C=N–C) groups is 1. The monoisotopic (exact) mass is 455 g/mol. The molecule has 0 amide bonds.